The van der Waals surface area contributed by atoms with E-state index in [0.29, 0.717) is 39.5 Å². The van der Waals surface area contributed by atoms with E-state index in [9.17, 15) is 10.2 Å². The Morgan fingerprint density at radius 3 is 1.75 bits per heavy atom. The minimum absolute atomic E-state index is 0.419. The lowest BCUT2D eigenvalue weighted by Gasteiger charge is -2.25. The molecule has 2 aliphatic rings. The molecule has 0 aromatic heterocycles. The third kappa shape index (κ3) is 5.24. The predicted octanol–water partition coefficient (Wildman–Crippen LogP) is 0.0728. The van der Waals surface area contributed by atoms with Crippen LogP contribution in [0.4, 0.5) is 0 Å². The molecule has 0 saturated carbocycles. The first-order valence-electron chi connectivity index (χ1n) is 8.74. The molecule has 0 aliphatic carbocycles. The highest BCUT2D eigenvalue weighted by Crippen LogP contribution is 2.16. The number of hydrogen-bond acceptors (Lipinski definition) is 6. The fourth-order valence-electron chi connectivity index (χ4n) is 3.35. The number of hydrogen-bond donors (Lipinski definition) is 2. The van der Waals surface area contributed by atoms with Gasteiger partial charge >= 0.3 is 0 Å². The lowest BCUT2D eigenvalue weighted by Crippen LogP contribution is -2.34. The van der Waals surface area contributed by atoms with E-state index in [1.165, 1.54) is 11.1 Å². The molecule has 0 spiro atoms. The molecule has 0 radical (unpaired) electrons. The summed E-state index contributed by atoms with van der Waals surface area (Å²) in [6.45, 7) is 6.74. The molecule has 0 bridgehead atoms. The minimum Gasteiger partial charge on any atom is -0.389 e. The van der Waals surface area contributed by atoms with Crippen molar-refractivity contribution in [3.05, 3.63) is 35.4 Å². The highest BCUT2D eigenvalue weighted by atomic mass is 16.5. The summed E-state index contributed by atoms with van der Waals surface area (Å²) in [5, 5.41) is 19.8. The smallest absolute Gasteiger partial charge is 0.0900 e. The van der Waals surface area contributed by atoms with E-state index in [2.05, 4.69) is 34.1 Å². The van der Waals surface area contributed by atoms with Gasteiger partial charge in [-0.25, -0.2) is 0 Å². The summed E-state index contributed by atoms with van der Waals surface area (Å²) in [5.41, 5.74) is 2.54. The molecule has 134 valence electrons. The monoisotopic (exact) mass is 336 g/mol. The molecule has 2 atom stereocenters. The van der Waals surface area contributed by atoms with Gasteiger partial charge in [0.2, 0.25) is 0 Å². The van der Waals surface area contributed by atoms with Crippen molar-refractivity contribution in [2.24, 2.45) is 0 Å². The van der Waals surface area contributed by atoms with Crippen LogP contribution in [-0.4, -0.2) is 84.8 Å². The van der Waals surface area contributed by atoms with Crippen molar-refractivity contribution in [2.45, 2.75) is 25.3 Å². The standard InChI is InChI=1S/C18H28N2O4/c21-17-11-19(5-7-23-13-17)9-15-3-1-2-4-16(15)10-20-6-8-24-14-18(22)12-20/h1-4,17-18,21-22H,5-14H2. The summed E-state index contributed by atoms with van der Waals surface area (Å²) in [7, 11) is 0. The van der Waals surface area contributed by atoms with Crippen molar-refractivity contribution < 1.29 is 19.7 Å². The van der Waals surface area contributed by atoms with Crippen molar-refractivity contribution in [1.82, 2.24) is 9.80 Å². The number of aliphatic hydroxyl groups is 2. The van der Waals surface area contributed by atoms with Crippen molar-refractivity contribution >= 4 is 0 Å². The van der Waals surface area contributed by atoms with Crippen molar-refractivity contribution in [3.8, 4) is 0 Å². The van der Waals surface area contributed by atoms with Gasteiger partial charge in [-0.1, -0.05) is 24.3 Å². The second-order valence-electron chi connectivity index (χ2n) is 6.70. The lowest BCUT2D eigenvalue weighted by atomic mass is 10.1. The van der Waals surface area contributed by atoms with Gasteiger partial charge in [-0.2, -0.15) is 0 Å². The number of rotatable bonds is 4. The second-order valence-corrected chi connectivity index (χ2v) is 6.70. The first-order chi connectivity index (χ1) is 11.7. The Hall–Kier alpha value is -1.02. The van der Waals surface area contributed by atoms with E-state index in [4.69, 9.17) is 9.47 Å². The number of benzene rings is 1. The molecule has 6 heteroatoms. The summed E-state index contributed by atoms with van der Waals surface area (Å²) < 4.78 is 10.8. The molecule has 2 unspecified atom stereocenters. The van der Waals surface area contributed by atoms with E-state index in [-0.39, 0.29) is 0 Å². The van der Waals surface area contributed by atoms with E-state index in [1.54, 1.807) is 0 Å². The zero-order chi connectivity index (χ0) is 16.8. The average Bonchev–Trinajstić information content (AvgIpc) is 2.89. The molecule has 1 aromatic carbocycles. The number of aliphatic hydroxyl groups excluding tert-OH is 2. The van der Waals surface area contributed by atoms with Gasteiger partial charge in [0.25, 0.3) is 0 Å². The van der Waals surface area contributed by atoms with Gasteiger partial charge in [-0.05, 0) is 11.1 Å². The lowest BCUT2D eigenvalue weighted by molar-refractivity contribution is 0.0559. The largest absolute Gasteiger partial charge is 0.389 e. The molecule has 6 nitrogen and oxygen atoms in total. The van der Waals surface area contributed by atoms with Crippen LogP contribution in [0, 0.1) is 0 Å². The molecule has 2 N–H and O–H groups in total. The van der Waals surface area contributed by atoms with Crippen LogP contribution in [0.3, 0.4) is 0 Å². The van der Waals surface area contributed by atoms with Crippen LogP contribution in [0.1, 0.15) is 11.1 Å². The summed E-state index contributed by atoms with van der Waals surface area (Å²) in [6.07, 6.45) is -0.838. The summed E-state index contributed by atoms with van der Waals surface area (Å²) in [5.74, 6) is 0. The van der Waals surface area contributed by atoms with Gasteiger partial charge in [0.15, 0.2) is 0 Å². The van der Waals surface area contributed by atoms with Gasteiger partial charge in [0.1, 0.15) is 0 Å². The third-order valence-electron chi connectivity index (χ3n) is 4.57. The number of ether oxygens (including phenoxy) is 2. The van der Waals surface area contributed by atoms with Crippen LogP contribution in [0.25, 0.3) is 0 Å². The topological polar surface area (TPSA) is 65.4 Å². The summed E-state index contributed by atoms with van der Waals surface area (Å²) >= 11 is 0. The van der Waals surface area contributed by atoms with E-state index in [1.807, 2.05) is 0 Å². The van der Waals surface area contributed by atoms with Crippen LogP contribution in [0.15, 0.2) is 24.3 Å². The zero-order valence-electron chi connectivity index (χ0n) is 14.1. The van der Waals surface area contributed by atoms with Crippen molar-refractivity contribution in [1.29, 1.82) is 0 Å². The van der Waals surface area contributed by atoms with Gasteiger partial charge in [0, 0.05) is 39.3 Å². The van der Waals surface area contributed by atoms with Gasteiger partial charge in [-0.3, -0.25) is 9.80 Å². The molecule has 0 amide bonds. The van der Waals surface area contributed by atoms with Gasteiger partial charge in [0.05, 0.1) is 38.6 Å². The fraction of sp³-hybridized carbons (Fsp3) is 0.667. The van der Waals surface area contributed by atoms with Crippen molar-refractivity contribution in [2.75, 3.05) is 52.6 Å². The van der Waals surface area contributed by atoms with Crippen LogP contribution < -0.4 is 0 Å². The number of β-amino-alcohol motifs (C(OH)–C–C–N with tert-alkyl or cyclic N) is 2. The summed E-state index contributed by atoms with van der Waals surface area (Å²) in [4.78, 5) is 4.49. The van der Waals surface area contributed by atoms with Crippen LogP contribution in [0.2, 0.25) is 0 Å². The Labute approximate surface area is 143 Å². The van der Waals surface area contributed by atoms with Gasteiger partial charge in [-0.15, -0.1) is 0 Å². The molecule has 24 heavy (non-hydrogen) atoms. The predicted molar refractivity (Wildman–Crippen MR) is 90.6 cm³/mol. The molecule has 3 rings (SSSR count). The molecular weight excluding hydrogens is 308 g/mol. The molecule has 2 fully saturated rings. The summed E-state index contributed by atoms with van der Waals surface area (Å²) in [6, 6.07) is 8.42. The first kappa shape index (κ1) is 17.8. The fourth-order valence-corrected chi connectivity index (χ4v) is 3.35. The average molecular weight is 336 g/mol. The molecule has 2 aliphatic heterocycles. The minimum atomic E-state index is -0.419. The van der Waals surface area contributed by atoms with E-state index in [0.717, 1.165) is 26.2 Å². The van der Waals surface area contributed by atoms with Crippen LogP contribution in [0.5, 0.6) is 0 Å². The van der Waals surface area contributed by atoms with Crippen LogP contribution in [-0.2, 0) is 22.6 Å². The maximum absolute atomic E-state index is 9.91. The molecule has 2 saturated heterocycles. The number of nitrogens with zero attached hydrogens (tertiary/aromatic N) is 2. The highest BCUT2D eigenvalue weighted by Gasteiger charge is 2.20. The Bertz CT molecular complexity index is 469. The van der Waals surface area contributed by atoms with E-state index < -0.39 is 12.2 Å². The Balaban J connectivity index is 1.65. The maximum Gasteiger partial charge on any atom is 0.0900 e. The highest BCUT2D eigenvalue weighted by molar-refractivity contribution is 5.27. The van der Waals surface area contributed by atoms with E-state index >= 15 is 0 Å². The third-order valence-corrected chi connectivity index (χ3v) is 4.57. The SMILES string of the molecule is OC1COCCN(Cc2ccccc2CN2CCOCC(O)C2)C1. The maximum atomic E-state index is 9.91. The van der Waals surface area contributed by atoms with Crippen molar-refractivity contribution in [3.63, 3.8) is 0 Å². The second kappa shape index (κ2) is 8.89. The van der Waals surface area contributed by atoms with Gasteiger partial charge < -0.3 is 19.7 Å². The quantitative estimate of drug-likeness (QED) is 0.811. The Morgan fingerprint density at radius 2 is 1.29 bits per heavy atom. The Morgan fingerprint density at radius 1 is 0.833 bits per heavy atom. The molecule has 1 aromatic rings. The molecular formula is C18H28N2O4. The van der Waals surface area contributed by atoms with Crippen LogP contribution >= 0.6 is 0 Å². The first-order valence-corrected chi connectivity index (χ1v) is 8.74. The zero-order valence-corrected chi connectivity index (χ0v) is 14.1. The Kier molecular flexibility index (Phi) is 6.59. The normalized spacial score (nSPS) is 27.6. The molecule has 2 heterocycles.